The number of ether oxygens (including phenoxy) is 1. The highest BCUT2D eigenvalue weighted by molar-refractivity contribution is 6.03. The molecule has 2 aromatic carbocycles. The van der Waals surface area contributed by atoms with E-state index in [-0.39, 0.29) is 17.6 Å². The van der Waals surface area contributed by atoms with Crippen molar-refractivity contribution < 1.29 is 13.9 Å². The summed E-state index contributed by atoms with van der Waals surface area (Å²) < 4.78 is 18.7. The highest BCUT2D eigenvalue weighted by atomic mass is 19.1. The summed E-state index contributed by atoms with van der Waals surface area (Å²) in [5, 5.41) is 5.80. The second kappa shape index (κ2) is 8.27. The van der Waals surface area contributed by atoms with Gasteiger partial charge in [-0.3, -0.25) is 4.79 Å². The van der Waals surface area contributed by atoms with Gasteiger partial charge in [-0.1, -0.05) is 12.1 Å². The fourth-order valence-electron chi connectivity index (χ4n) is 2.34. The van der Waals surface area contributed by atoms with Crippen molar-refractivity contribution in [3.05, 3.63) is 72.4 Å². The number of benzene rings is 2. The van der Waals surface area contributed by atoms with E-state index in [2.05, 4.69) is 20.6 Å². The Bertz CT molecular complexity index is 929. The monoisotopic (exact) mass is 366 g/mol. The molecule has 0 fully saturated rings. The van der Waals surface area contributed by atoms with E-state index in [1.54, 1.807) is 0 Å². The minimum absolute atomic E-state index is 0.0235. The molecule has 1 aromatic heterocycles. The lowest BCUT2D eigenvalue weighted by molar-refractivity contribution is 0.102. The van der Waals surface area contributed by atoms with Gasteiger partial charge in [-0.15, -0.1) is 0 Å². The molecule has 0 radical (unpaired) electrons. The van der Waals surface area contributed by atoms with E-state index in [1.165, 1.54) is 36.7 Å². The molecule has 3 rings (SSSR count). The quantitative estimate of drug-likeness (QED) is 0.676. The van der Waals surface area contributed by atoms with E-state index in [0.29, 0.717) is 17.3 Å². The van der Waals surface area contributed by atoms with Crippen LogP contribution in [-0.4, -0.2) is 22.0 Å². The molecule has 0 bridgehead atoms. The molecule has 7 heteroatoms. The van der Waals surface area contributed by atoms with E-state index in [0.717, 1.165) is 5.69 Å². The van der Waals surface area contributed by atoms with Crippen LogP contribution in [-0.2, 0) is 0 Å². The van der Waals surface area contributed by atoms with E-state index in [9.17, 15) is 9.18 Å². The Kier molecular flexibility index (Phi) is 5.61. The van der Waals surface area contributed by atoms with Crippen LogP contribution in [0.25, 0.3) is 0 Å². The summed E-state index contributed by atoms with van der Waals surface area (Å²) >= 11 is 0. The van der Waals surface area contributed by atoms with Crippen LogP contribution in [0, 0.1) is 5.82 Å². The number of aromatic nitrogens is 2. The zero-order chi connectivity index (χ0) is 19.2. The molecule has 0 aliphatic rings. The van der Waals surface area contributed by atoms with Gasteiger partial charge in [-0.25, -0.2) is 14.4 Å². The smallest absolute Gasteiger partial charge is 0.274 e. The van der Waals surface area contributed by atoms with E-state index < -0.39 is 5.91 Å². The van der Waals surface area contributed by atoms with Crippen molar-refractivity contribution in [1.82, 2.24) is 9.97 Å². The molecule has 3 aromatic rings. The number of amides is 1. The molecule has 27 heavy (non-hydrogen) atoms. The third kappa shape index (κ3) is 5.01. The van der Waals surface area contributed by atoms with E-state index in [1.807, 2.05) is 38.1 Å². The number of halogens is 1. The van der Waals surface area contributed by atoms with Crippen LogP contribution in [0.15, 0.2) is 60.9 Å². The zero-order valence-electron chi connectivity index (χ0n) is 14.9. The molecular weight excluding hydrogens is 347 g/mol. The Morgan fingerprint density at radius 1 is 1.07 bits per heavy atom. The average Bonchev–Trinajstić information content (AvgIpc) is 2.65. The highest BCUT2D eigenvalue weighted by Gasteiger charge is 2.11. The Morgan fingerprint density at radius 3 is 2.56 bits per heavy atom. The van der Waals surface area contributed by atoms with E-state index in [4.69, 9.17) is 4.74 Å². The van der Waals surface area contributed by atoms with Crippen LogP contribution in [0.4, 0.5) is 21.6 Å². The summed E-state index contributed by atoms with van der Waals surface area (Å²) in [5.74, 6) is 0.347. The molecule has 0 atom stereocenters. The van der Waals surface area contributed by atoms with Crippen LogP contribution in [0.1, 0.15) is 24.3 Å². The molecule has 0 spiro atoms. The van der Waals surface area contributed by atoms with Gasteiger partial charge in [0.05, 0.1) is 11.8 Å². The van der Waals surface area contributed by atoms with Crippen molar-refractivity contribution in [2.24, 2.45) is 0 Å². The van der Waals surface area contributed by atoms with Crippen LogP contribution >= 0.6 is 0 Å². The largest absolute Gasteiger partial charge is 0.489 e. The van der Waals surface area contributed by atoms with Crippen LogP contribution in [0.2, 0.25) is 0 Å². The topological polar surface area (TPSA) is 76.1 Å². The summed E-state index contributed by atoms with van der Waals surface area (Å²) in [7, 11) is 0. The lowest BCUT2D eigenvalue weighted by Crippen LogP contribution is -2.14. The van der Waals surface area contributed by atoms with Gasteiger partial charge in [-0.05, 0) is 50.2 Å². The van der Waals surface area contributed by atoms with Crippen molar-refractivity contribution in [3.63, 3.8) is 0 Å². The SMILES string of the molecule is CC(C)Oc1ccccc1Nc1cc(C(=O)Nc2ccc(F)cc2)ncn1. The number of nitrogens with one attached hydrogen (secondary N) is 2. The maximum atomic E-state index is 13.0. The first-order valence-corrected chi connectivity index (χ1v) is 8.43. The Labute approximate surface area is 156 Å². The molecule has 6 nitrogen and oxygen atoms in total. The maximum Gasteiger partial charge on any atom is 0.274 e. The molecule has 0 unspecified atom stereocenters. The molecule has 0 saturated heterocycles. The second-order valence-electron chi connectivity index (χ2n) is 6.04. The van der Waals surface area contributed by atoms with Gasteiger partial charge < -0.3 is 15.4 Å². The van der Waals surface area contributed by atoms with Crippen molar-refractivity contribution in [2.75, 3.05) is 10.6 Å². The van der Waals surface area contributed by atoms with Gasteiger partial charge in [0, 0.05) is 11.8 Å². The summed E-state index contributed by atoms with van der Waals surface area (Å²) in [4.78, 5) is 20.5. The van der Waals surface area contributed by atoms with E-state index >= 15 is 0 Å². The molecule has 138 valence electrons. The molecule has 0 saturated carbocycles. The molecular formula is C20H19FN4O2. The van der Waals surface area contributed by atoms with Crippen LogP contribution in [0.3, 0.4) is 0 Å². The number of carbonyl (C=O) groups excluding carboxylic acids is 1. The lowest BCUT2D eigenvalue weighted by Gasteiger charge is -2.15. The Morgan fingerprint density at radius 2 is 1.81 bits per heavy atom. The summed E-state index contributed by atoms with van der Waals surface area (Å²) in [6.45, 7) is 3.89. The Hall–Kier alpha value is -3.48. The minimum Gasteiger partial charge on any atom is -0.489 e. The summed E-state index contributed by atoms with van der Waals surface area (Å²) in [6, 6.07) is 14.5. The van der Waals surface area contributed by atoms with Crippen molar-refractivity contribution in [2.45, 2.75) is 20.0 Å². The minimum atomic E-state index is -0.418. The number of carbonyl (C=O) groups is 1. The number of para-hydroxylation sites is 2. The first-order chi connectivity index (χ1) is 13.0. The van der Waals surface area contributed by atoms with Gasteiger partial charge in [0.15, 0.2) is 0 Å². The molecule has 0 aliphatic heterocycles. The van der Waals surface area contributed by atoms with Gasteiger partial charge >= 0.3 is 0 Å². The molecule has 1 heterocycles. The van der Waals surface area contributed by atoms with Crippen molar-refractivity contribution in [3.8, 4) is 5.75 Å². The zero-order valence-corrected chi connectivity index (χ0v) is 14.9. The fraction of sp³-hybridized carbons (Fsp3) is 0.150. The average molecular weight is 366 g/mol. The fourth-order valence-corrected chi connectivity index (χ4v) is 2.34. The van der Waals surface area contributed by atoms with Gasteiger partial charge in [0.1, 0.15) is 29.4 Å². The maximum absolute atomic E-state index is 13.0. The first-order valence-electron chi connectivity index (χ1n) is 8.43. The van der Waals surface area contributed by atoms with Gasteiger partial charge in [0.2, 0.25) is 0 Å². The normalized spacial score (nSPS) is 10.5. The van der Waals surface area contributed by atoms with Crippen molar-refractivity contribution >= 4 is 23.1 Å². The number of hydrogen-bond acceptors (Lipinski definition) is 5. The van der Waals surface area contributed by atoms with Gasteiger partial charge in [0.25, 0.3) is 5.91 Å². The third-order valence-electron chi connectivity index (χ3n) is 3.51. The second-order valence-corrected chi connectivity index (χ2v) is 6.04. The third-order valence-corrected chi connectivity index (χ3v) is 3.51. The molecule has 2 N–H and O–H groups in total. The van der Waals surface area contributed by atoms with Crippen LogP contribution in [0.5, 0.6) is 5.75 Å². The number of hydrogen-bond donors (Lipinski definition) is 2. The number of rotatable bonds is 6. The number of nitrogens with zero attached hydrogens (tertiary/aromatic N) is 2. The first kappa shape index (κ1) is 18.3. The van der Waals surface area contributed by atoms with Gasteiger partial charge in [-0.2, -0.15) is 0 Å². The van der Waals surface area contributed by atoms with Crippen LogP contribution < -0.4 is 15.4 Å². The highest BCUT2D eigenvalue weighted by Crippen LogP contribution is 2.27. The lowest BCUT2D eigenvalue weighted by atomic mass is 10.2. The number of anilines is 3. The summed E-state index contributed by atoms with van der Waals surface area (Å²) in [5.41, 5.74) is 1.39. The predicted octanol–water partition coefficient (Wildman–Crippen LogP) is 4.40. The molecule has 0 aliphatic carbocycles. The van der Waals surface area contributed by atoms with Crippen molar-refractivity contribution in [1.29, 1.82) is 0 Å². The predicted molar refractivity (Wildman–Crippen MR) is 102 cm³/mol. The Balaban J connectivity index is 1.76. The molecule has 1 amide bonds. The summed E-state index contributed by atoms with van der Waals surface area (Å²) in [6.07, 6.45) is 1.32. The standard InChI is InChI=1S/C20H19FN4O2/c1-13(2)27-18-6-4-3-5-16(18)25-19-11-17(22-12-23-19)20(26)24-15-9-7-14(21)8-10-15/h3-13H,1-2H3,(H,24,26)(H,22,23,25).